The molecule has 0 aliphatic carbocycles. The van der Waals surface area contributed by atoms with E-state index in [0.717, 1.165) is 30.8 Å². The third-order valence-corrected chi connectivity index (χ3v) is 4.44. The van der Waals surface area contributed by atoms with E-state index in [0.29, 0.717) is 32.7 Å². The van der Waals surface area contributed by atoms with Gasteiger partial charge >= 0.3 is 0 Å². The van der Waals surface area contributed by atoms with Crippen LogP contribution in [0.1, 0.15) is 43.3 Å². The first-order chi connectivity index (χ1) is 11.1. The van der Waals surface area contributed by atoms with Gasteiger partial charge in [0.2, 0.25) is 11.8 Å². The highest BCUT2D eigenvalue weighted by Crippen LogP contribution is 2.20. The lowest BCUT2D eigenvalue weighted by atomic mass is 10.2. The number of likely N-dealkylation sites (tertiary alicyclic amines) is 1. The van der Waals surface area contributed by atoms with Crippen molar-refractivity contribution in [1.29, 1.82) is 0 Å². The Morgan fingerprint density at radius 3 is 3.04 bits per heavy atom. The van der Waals surface area contributed by atoms with Crippen molar-refractivity contribution in [3.8, 4) is 0 Å². The molecule has 1 aromatic heterocycles. The molecule has 3 heterocycles. The van der Waals surface area contributed by atoms with E-state index in [1.54, 1.807) is 16.0 Å². The van der Waals surface area contributed by atoms with E-state index in [1.807, 2.05) is 6.92 Å². The molecular formula is C16H24N4O3. The van der Waals surface area contributed by atoms with Gasteiger partial charge in [-0.2, -0.15) is 0 Å². The number of aryl methyl sites for hydroxylation is 1. The Balaban J connectivity index is 1.59. The van der Waals surface area contributed by atoms with Crippen LogP contribution in [0.4, 0.5) is 0 Å². The van der Waals surface area contributed by atoms with Crippen molar-refractivity contribution < 1.29 is 14.3 Å². The number of morpholine rings is 1. The molecule has 0 unspecified atom stereocenters. The number of hydrogen-bond donors (Lipinski definition) is 1. The minimum Gasteiger partial charge on any atom is -0.367 e. The van der Waals surface area contributed by atoms with Crippen LogP contribution < -0.4 is 0 Å². The zero-order valence-electron chi connectivity index (χ0n) is 13.6. The van der Waals surface area contributed by atoms with Crippen LogP contribution in [-0.4, -0.2) is 64.4 Å². The number of rotatable bonds is 3. The summed E-state index contributed by atoms with van der Waals surface area (Å²) in [6.45, 7) is 4.35. The second kappa shape index (κ2) is 7.12. The highest BCUT2D eigenvalue weighted by molar-refractivity contribution is 5.85. The summed E-state index contributed by atoms with van der Waals surface area (Å²) in [5.74, 6) is 0.852. The number of carbonyl (C=O) groups excluding carboxylic acids is 2. The molecule has 3 rings (SSSR count). The van der Waals surface area contributed by atoms with Crippen LogP contribution in [-0.2, 0) is 14.3 Å². The molecule has 2 aliphatic heterocycles. The van der Waals surface area contributed by atoms with E-state index in [4.69, 9.17) is 4.74 Å². The van der Waals surface area contributed by atoms with Crippen molar-refractivity contribution in [3.63, 3.8) is 0 Å². The predicted molar refractivity (Wildman–Crippen MR) is 83.6 cm³/mol. The molecule has 0 saturated carbocycles. The van der Waals surface area contributed by atoms with Gasteiger partial charge in [0.1, 0.15) is 11.9 Å². The van der Waals surface area contributed by atoms with Gasteiger partial charge in [-0.1, -0.05) is 6.42 Å². The van der Waals surface area contributed by atoms with Gasteiger partial charge in [-0.05, 0) is 19.8 Å². The Morgan fingerprint density at radius 2 is 2.26 bits per heavy atom. The highest BCUT2D eigenvalue weighted by Gasteiger charge is 2.29. The van der Waals surface area contributed by atoms with Crippen LogP contribution in [0, 0.1) is 6.92 Å². The number of imidazole rings is 1. The molecule has 1 N–H and O–H groups in total. The Bertz CT molecular complexity index is 571. The number of H-pyrrole nitrogens is 1. The van der Waals surface area contributed by atoms with Gasteiger partial charge < -0.3 is 19.5 Å². The number of carbonyl (C=O) groups is 2. The first-order valence-electron chi connectivity index (χ1n) is 8.32. The minimum atomic E-state index is -0.221. The van der Waals surface area contributed by atoms with Gasteiger partial charge in [-0.3, -0.25) is 9.59 Å². The van der Waals surface area contributed by atoms with E-state index < -0.39 is 0 Å². The lowest BCUT2D eigenvalue weighted by molar-refractivity contribution is -0.145. The molecule has 0 radical (unpaired) electrons. The summed E-state index contributed by atoms with van der Waals surface area (Å²) in [5, 5.41) is 0. The molecule has 2 aliphatic rings. The molecule has 23 heavy (non-hydrogen) atoms. The van der Waals surface area contributed by atoms with Gasteiger partial charge in [0.05, 0.1) is 19.7 Å². The summed E-state index contributed by atoms with van der Waals surface area (Å²) < 4.78 is 5.72. The Hall–Kier alpha value is -1.89. The average molecular weight is 320 g/mol. The first kappa shape index (κ1) is 16.0. The van der Waals surface area contributed by atoms with Crippen molar-refractivity contribution in [3.05, 3.63) is 17.7 Å². The molecule has 0 spiro atoms. The number of aromatic amines is 1. The topological polar surface area (TPSA) is 78.5 Å². The van der Waals surface area contributed by atoms with Gasteiger partial charge in [0.25, 0.3) is 0 Å². The SMILES string of the molecule is Cc1cnc([C@@H]2CN(C(=O)CN3CCCCCC3=O)CCO2)[nH]1. The van der Waals surface area contributed by atoms with Gasteiger partial charge in [0, 0.05) is 31.4 Å². The smallest absolute Gasteiger partial charge is 0.242 e. The lowest BCUT2D eigenvalue weighted by Crippen LogP contribution is -2.48. The normalized spacial score (nSPS) is 23.0. The predicted octanol–water partition coefficient (Wildman–Crippen LogP) is 1.02. The van der Waals surface area contributed by atoms with Crippen molar-refractivity contribution in [1.82, 2.24) is 19.8 Å². The second-order valence-corrected chi connectivity index (χ2v) is 6.28. The van der Waals surface area contributed by atoms with Crippen LogP contribution in [0.5, 0.6) is 0 Å². The minimum absolute atomic E-state index is 0.00294. The number of aromatic nitrogens is 2. The van der Waals surface area contributed by atoms with E-state index in [-0.39, 0.29) is 24.5 Å². The van der Waals surface area contributed by atoms with Crippen LogP contribution >= 0.6 is 0 Å². The molecule has 126 valence electrons. The number of hydrogen-bond acceptors (Lipinski definition) is 4. The number of nitrogens with zero attached hydrogens (tertiary/aromatic N) is 3. The summed E-state index contributed by atoms with van der Waals surface area (Å²) in [4.78, 5) is 35.5. The Kier molecular flexibility index (Phi) is 4.95. The molecule has 2 fully saturated rings. The van der Waals surface area contributed by atoms with E-state index >= 15 is 0 Å². The Labute approximate surface area is 136 Å². The van der Waals surface area contributed by atoms with Crippen LogP contribution in [0.3, 0.4) is 0 Å². The molecular weight excluding hydrogens is 296 g/mol. The van der Waals surface area contributed by atoms with Crippen molar-refractivity contribution in [2.45, 2.75) is 38.7 Å². The number of amides is 2. The summed E-state index contributed by atoms with van der Waals surface area (Å²) in [6.07, 6.45) is 5.08. The quantitative estimate of drug-likeness (QED) is 0.902. The highest BCUT2D eigenvalue weighted by atomic mass is 16.5. The number of ether oxygens (including phenoxy) is 1. The van der Waals surface area contributed by atoms with Crippen molar-refractivity contribution in [2.24, 2.45) is 0 Å². The summed E-state index contributed by atoms with van der Waals surface area (Å²) in [7, 11) is 0. The fourth-order valence-electron chi connectivity index (χ4n) is 3.11. The molecule has 2 amide bonds. The monoisotopic (exact) mass is 320 g/mol. The molecule has 7 nitrogen and oxygen atoms in total. The van der Waals surface area contributed by atoms with Gasteiger partial charge in [-0.25, -0.2) is 4.98 Å². The van der Waals surface area contributed by atoms with Gasteiger partial charge in [0.15, 0.2) is 0 Å². The standard InChI is InChI=1S/C16H24N4O3/c1-12-9-17-16(18-12)13-10-20(7-8-23-13)15(22)11-19-6-4-2-3-5-14(19)21/h9,13H,2-8,10-11H2,1H3,(H,17,18)/t13-/m0/s1. The maximum Gasteiger partial charge on any atom is 0.242 e. The zero-order valence-corrected chi connectivity index (χ0v) is 13.6. The van der Waals surface area contributed by atoms with Crippen molar-refractivity contribution >= 4 is 11.8 Å². The van der Waals surface area contributed by atoms with Crippen LogP contribution in [0.25, 0.3) is 0 Å². The van der Waals surface area contributed by atoms with Gasteiger partial charge in [-0.15, -0.1) is 0 Å². The third-order valence-electron chi connectivity index (χ3n) is 4.44. The van der Waals surface area contributed by atoms with E-state index in [1.165, 1.54) is 0 Å². The molecule has 1 aromatic rings. The largest absolute Gasteiger partial charge is 0.367 e. The molecule has 0 aromatic carbocycles. The fourth-order valence-corrected chi connectivity index (χ4v) is 3.11. The molecule has 0 bridgehead atoms. The lowest BCUT2D eigenvalue weighted by Gasteiger charge is -2.33. The summed E-state index contributed by atoms with van der Waals surface area (Å²) in [6, 6.07) is 0. The Morgan fingerprint density at radius 1 is 1.39 bits per heavy atom. The molecule has 7 heteroatoms. The van der Waals surface area contributed by atoms with E-state index in [9.17, 15) is 9.59 Å². The fraction of sp³-hybridized carbons (Fsp3) is 0.688. The zero-order chi connectivity index (χ0) is 16.2. The average Bonchev–Trinajstić information content (AvgIpc) is 2.89. The summed E-state index contributed by atoms with van der Waals surface area (Å²) >= 11 is 0. The first-order valence-corrected chi connectivity index (χ1v) is 8.32. The third kappa shape index (κ3) is 3.90. The van der Waals surface area contributed by atoms with Crippen LogP contribution in [0.2, 0.25) is 0 Å². The van der Waals surface area contributed by atoms with Crippen molar-refractivity contribution in [2.75, 3.05) is 32.8 Å². The maximum absolute atomic E-state index is 12.6. The molecule has 2 saturated heterocycles. The van der Waals surface area contributed by atoms with E-state index in [2.05, 4.69) is 9.97 Å². The maximum atomic E-state index is 12.6. The van der Waals surface area contributed by atoms with Crippen LogP contribution in [0.15, 0.2) is 6.20 Å². The summed E-state index contributed by atoms with van der Waals surface area (Å²) in [5.41, 5.74) is 0.974. The number of nitrogens with one attached hydrogen (secondary N) is 1. The second-order valence-electron chi connectivity index (χ2n) is 6.28. The molecule has 1 atom stereocenters.